The molecule has 1 unspecified atom stereocenters. The number of amides is 3. The van der Waals surface area contributed by atoms with Gasteiger partial charge in [-0.15, -0.1) is 0 Å². The van der Waals surface area contributed by atoms with Gasteiger partial charge in [-0.3, -0.25) is 9.69 Å². The van der Waals surface area contributed by atoms with Crippen LogP contribution in [-0.4, -0.2) is 88.9 Å². The second kappa shape index (κ2) is 8.89. The van der Waals surface area contributed by atoms with Crippen molar-refractivity contribution in [1.82, 2.24) is 14.7 Å². The smallest absolute Gasteiger partial charge is 0.322 e. The van der Waals surface area contributed by atoms with E-state index in [1.165, 1.54) is 4.90 Å². The number of anilines is 1. The quantitative estimate of drug-likeness (QED) is 0.671. The first-order valence-electron chi connectivity index (χ1n) is 11.6. The first kappa shape index (κ1) is 23.2. The number of likely N-dealkylation sites (tertiary alicyclic amines) is 1. The van der Waals surface area contributed by atoms with Crippen LogP contribution in [0.25, 0.3) is 0 Å². The highest BCUT2D eigenvalue weighted by Crippen LogP contribution is 2.53. The molecule has 1 aromatic rings. The van der Waals surface area contributed by atoms with Gasteiger partial charge in [0.05, 0.1) is 29.3 Å². The molecule has 4 aliphatic rings. The topological polar surface area (TPSA) is 85.4 Å². The van der Waals surface area contributed by atoms with E-state index in [1.54, 1.807) is 25.1 Å². The number of ether oxygens (including phenoxy) is 1. The van der Waals surface area contributed by atoms with E-state index in [-0.39, 0.29) is 29.5 Å². The van der Waals surface area contributed by atoms with Crippen molar-refractivity contribution in [2.45, 2.75) is 57.0 Å². The molecule has 8 nitrogen and oxygen atoms in total. The SMILES string of the molecule is C[C@H]1C(=O)N2C(CN1C(=O)Nc1ccc(Cl)c(Cl)c1)OCC[C@H]2CN1CCC2(CC2)[C@H](O)C1. The lowest BCUT2D eigenvalue weighted by molar-refractivity contribution is -0.185. The van der Waals surface area contributed by atoms with E-state index in [0.717, 1.165) is 38.8 Å². The lowest BCUT2D eigenvalue weighted by atomic mass is 9.90. The second-order valence-corrected chi connectivity index (χ2v) is 10.6. The third-order valence-electron chi connectivity index (χ3n) is 7.75. The summed E-state index contributed by atoms with van der Waals surface area (Å²) in [7, 11) is 0. The first-order valence-corrected chi connectivity index (χ1v) is 12.4. The first-order chi connectivity index (χ1) is 15.8. The number of carbonyl (C=O) groups excluding carboxylic acids is 2. The minimum absolute atomic E-state index is 0.0134. The highest BCUT2D eigenvalue weighted by molar-refractivity contribution is 6.42. The minimum Gasteiger partial charge on any atom is -0.391 e. The number of piperazine rings is 1. The van der Waals surface area contributed by atoms with Crippen molar-refractivity contribution in [3.05, 3.63) is 28.2 Å². The maximum Gasteiger partial charge on any atom is 0.322 e. The molecule has 4 atom stereocenters. The minimum atomic E-state index is -0.616. The summed E-state index contributed by atoms with van der Waals surface area (Å²) in [4.78, 5) is 32.0. The molecule has 2 N–H and O–H groups in total. The summed E-state index contributed by atoms with van der Waals surface area (Å²) in [5.74, 6) is -0.114. The predicted molar refractivity (Wildman–Crippen MR) is 125 cm³/mol. The second-order valence-electron chi connectivity index (χ2n) is 9.79. The van der Waals surface area contributed by atoms with E-state index in [0.29, 0.717) is 35.4 Å². The van der Waals surface area contributed by atoms with Crippen LogP contribution in [0.5, 0.6) is 0 Å². The van der Waals surface area contributed by atoms with Gasteiger partial charge in [0.25, 0.3) is 0 Å². The van der Waals surface area contributed by atoms with E-state index in [4.69, 9.17) is 27.9 Å². The van der Waals surface area contributed by atoms with E-state index in [9.17, 15) is 14.7 Å². The fourth-order valence-electron chi connectivity index (χ4n) is 5.42. The van der Waals surface area contributed by atoms with Crippen LogP contribution in [0.1, 0.15) is 32.6 Å². The maximum absolute atomic E-state index is 13.4. The number of β-amino-alcohol motifs (C(OH)–C–C–N with tert-alkyl or cyclic N) is 1. The van der Waals surface area contributed by atoms with Crippen molar-refractivity contribution in [2.75, 3.05) is 38.1 Å². The Balaban J connectivity index is 1.24. The van der Waals surface area contributed by atoms with E-state index >= 15 is 0 Å². The van der Waals surface area contributed by atoms with Gasteiger partial charge in [-0.05, 0) is 62.8 Å². The fraction of sp³-hybridized carbons (Fsp3) is 0.652. The summed E-state index contributed by atoms with van der Waals surface area (Å²) in [5, 5.41) is 14.1. The van der Waals surface area contributed by atoms with Gasteiger partial charge in [0, 0.05) is 24.8 Å². The molecular formula is C23H30Cl2N4O4. The number of hydrogen-bond donors (Lipinski definition) is 2. The Labute approximate surface area is 203 Å². The molecule has 10 heteroatoms. The molecule has 3 amide bonds. The molecule has 1 saturated carbocycles. The highest BCUT2D eigenvalue weighted by Gasteiger charge is 2.52. The lowest BCUT2D eigenvalue weighted by Gasteiger charge is -2.51. The summed E-state index contributed by atoms with van der Waals surface area (Å²) in [6, 6.07) is 3.88. The Morgan fingerprint density at radius 1 is 1.24 bits per heavy atom. The van der Waals surface area contributed by atoms with Crippen LogP contribution in [-0.2, 0) is 9.53 Å². The predicted octanol–water partition coefficient (Wildman–Crippen LogP) is 3.02. The summed E-state index contributed by atoms with van der Waals surface area (Å²) in [6.45, 7) is 4.92. The summed E-state index contributed by atoms with van der Waals surface area (Å²) >= 11 is 12.0. The molecule has 1 aromatic carbocycles. The van der Waals surface area contributed by atoms with Crippen LogP contribution in [0.3, 0.4) is 0 Å². The van der Waals surface area contributed by atoms with Crippen LogP contribution in [0.15, 0.2) is 18.2 Å². The molecular weight excluding hydrogens is 467 g/mol. The molecule has 0 aromatic heterocycles. The number of carbonyl (C=O) groups is 2. The summed E-state index contributed by atoms with van der Waals surface area (Å²) in [6.07, 6.45) is 3.28. The van der Waals surface area contributed by atoms with Crippen LogP contribution in [0, 0.1) is 5.41 Å². The molecule has 3 aliphatic heterocycles. The van der Waals surface area contributed by atoms with Crippen molar-refractivity contribution in [2.24, 2.45) is 5.41 Å². The van der Waals surface area contributed by atoms with Gasteiger partial charge in [-0.1, -0.05) is 23.2 Å². The molecule has 1 aliphatic carbocycles. The van der Waals surface area contributed by atoms with E-state index < -0.39 is 12.3 Å². The van der Waals surface area contributed by atoms with Gasteiger partial charge in [0.2, 0.25) is 5.91 Å². The number of rotatable bonds is 3. The zero-order valence-corrected chi connectivity index (χ0v) is 20.2. The monoisotopic (exact) mass is 496 g/mol. The van der Waals surface area contributed by atoms with Gasteiger partial charge >= 0.3 is 6.03 Å². The Morgan fingerprint density at radius 3 is 2.73 bits per heavy atom. The number of hydrogen-bond acceptors (Lipinski definition) is 5. The van der Waals surface area contributed by atoms with Gasteiger partial charge < -0.3 is 25.0 Å². The van der Waals surface area contributed by atoms with Gasteiger partial charge in [0.15, 0.2) is 6.23 Å². The molecule has 0 bridgehead atoms. The third-order valence-corrected chi connectivity index (χ3v) is 8.49. The molecule has 180 valence electrons. The number of halogens is 2. The number of nitrogens with zero attached hydrogens (tertiary/aromatic N) is 3. The average molecular weight is 497 g/mol. The average Bonchev–Trinajstić information content (AvgIpc) is 3.57. The Kier molecular flexibility index (Phi) is 6.24. The molecule has 3 saturated heterocycles. The maximum atomic E-state index is 13.4. The van der Waals surface area contributed by atoms with Gasteiger partial charge in [0.1, 0.15) is 6.04 Å². The molecule has 4 fully saturated rings. The van der Waals surface area contributed by atoms with Crippen LogP contribution < -0.4 is 5.32 Å². The number of aliphatic hydroxyl groups is 1. The molecule has 3 heterocycles. The van der Waals surface area contributed by atoms with E-state index in [1.807, 2.05) is 4.90 Å². The largest absolute Gasteiger partial charge is 0.391 e. The number of urea groups is 1. The van der Waals surface area contributed by atoms with Crippen LogP contribution in [0.4, 0.5) is 10.5 Å². The number of benzene rings is 1. The molecule has 33 heavy (non-hydrogen) atoms. The fourth-order valence-corrected chi connectivity index (χ4v) is 5.72. The summed E-state index contributed by atoms with van der Waals surface area (Å²) in [5.41, 5.74) is 0.669. The van der Waals surface area contributed by atoms with Crippen molar-refractivity contribution in [3.63, 3.8) is 0 Å². The van der Waals surface area contributed by atoms with Gasteiger partial charge in [-0.2, -0.15) is 0 Å². The van der Waals surface area contributed by atoms with Crippen molar-refractivity contribution in [3.8, 4) is 0 Å². The van der Waals surface area contributed by atoms with E-state index in [2.05, 4.69) is 10.2 Å². The Morgan fingerprint density at radius 2 is 2.03 bits per heavy atom. The summed E-state index contributed by atoms with van der Waals surface area (Å²) < 4.78 is 5.93. The normalized spacial score (nSPS) is 31.5. The third kappa shape index (κ3) is 4.44. The Hall–Kier alpha value is -1.58. The molecule has 5 rings (SSSR count). The number of nitrogens with one attached hydrogen (secondary N) is 1. The number of fused-ring (bicyclic) bond motifs is 1. The Bertz CT molecular complexity index is 943. The highest BCUT2D eigenvalue weighted by atomic mass is 35.5. The number of aliphatic hydroxyl groups excluding tert-OH is 1. The standard InChI is InChI=1S/C23H30Cl2N4O4/c1-14-21(31)29-16(11-27-8-7-23(5-6-23)19(30)12-27)4-9-33-20(29)13-28(14)22(32)26-15-2-3-17(24)18(25)10-15/h2-3,10,14,16,19-20,30H,4-9,11-13H2,1H3,(H,26,32)/t14-,16-,19+,20?/m0/s1. The van der Waals surface area contributed by atoms with Gasteiger partial charge in [-0.25, -0.2) is 4.79 Å². The van der Waals surface area contributed by atoms with Crippen LogP contribution in [0.2, 0.25) is 10.0 Å². The van der Waals surface area contributed by atoms with Crippen molar-refractivity contribution < 1.29 is 19.4 Å². The van der Waals surface area contributed by atoms with Crippen molar-refractivity contribution >= 4 is 40.8 Å². The molecule has 1 spiro atoms. The molecule has 0 radical (unpaired) electrons. The van der Waals surface area contributed by atoms with Crippen LogP contribution >= 0.6 is 23.2 Å². The zero-order valence-electron chi connectivity index (χ0n) is 18.7. The van der Waals surface area contributed by atoms with Crippen molar-refractivity contribution in [1.29, 1.82) is 0 Å². The number of piperidine rings is 1. The lowest BCUT2D eigenvalue weighted by Crippen LogP contribution is -2.68. The zero-order chi connectivity index (χ0) is 23.3.